The highest BCUT2D eigenvalue weighted by atomic mass is 32.2. The molecule has 2 amide bonds. The molecule has 12 heteroatoms. The topological polar surface area (TPSA) is 159 Å². The van der Waals surface area contributed by atoms with Crippen molar-refractivity contribution in [2.45, 2.75) is 37.0 Å². The molecule has 4 N–H and O–H groups in total. The van der Waals surface area contributed by atoms with Crippen LogP contribution in [-0.2, 0) is 14.5 Å². The number of anilines is 3. The number of carbonyl (C=O) groups is 2. The normalized spacial score (nSPS) is 14.5. The second-order valence-electron chi connectivity index (χ2n) is 8.88. The van der Waals surface area contributed by atoms with Crippen LogP contribution in [0.2, 0.25) is 0 Å². The molecule has 1 atom stereocenters. The van der Waals surface area contributed by atoms with Gasteiger partial charge in [0.05, 0.1) is 28.2 Å². The van der Waals surface area contributed by atoms with Crippen molar-refractivity contribution in [3.63, 3.8) is 0 Å². The summed E-state index contributed by atoms with van der Waals surface area (Å²) in [4.78, 5) is 29.0. The molecule has 194 valence electrons. The van der Waals surface area contributed by atoms with Gasteiger partial charge in [-0.3, -0.25) is 9.59 Å². The Hall–Kier alpha value is -4.06. The number of pyridine rings is 1. The van der Waals surface area contributed by atoms with E-state index in [4.69, 9.17) is 9.52 Å². The highest BCUT2D eigenvalue weighted by Crippen LogP contribution is 2.38. The van der Waals surface area contributed by atoms with E-state index < -0.39 is 15.6 Å². The van der Waals surface area contributed by atoms with Gasteiger partial charge >= 0.3 is 0 Å². The van der Waals surface area contributed by atoms with E-state index in [1.165, 1.54) is 14.2 Å². The number of carbonyl (C=O) groups excluding carboxylic acids is 2. The number of methoxy groups -OCH3 is 1. The van der Waals surface area contributed by atoms with Gasteiger partial charge in [0.25, 0.3) is 5.91 Å². The molecule has 1 saturated carbocycles. The number of amides is 2. The summed E-state index contributed by atoms with van der Waals surface area (Å²) in [6.45, 7) is 3.46. The van der Waals surface area contributed by atoms with Crippen LogP contribution in [0.4, 0.5) is 17.2 Å². The summed E-state index contributed by atoms with van der Waals surface area (Å²) in [6.07, 6.45) is 3.25. The van der Waals surface area contributed by atoms with Gasteiger partial charge in [0.1, 0.15) is 10.8 Å². The van der Waals surface area contributed by atoms with Crippen LogP contribution >= 0.6 is 0 Å². The van der Waals surface area contributed by atoms with E-state index in [-0.39, 0.29) is 33.6 Å². The van der Waals surface area contributed by atoms with Crippen LogP contribution in [0.5, 0.6) is 5.75 Å². The van der Waals surface area contributed by atoms with E-state index in [1.54, 1.807) is 50.4 Å². The SMILES string of the molecule is CNC(=O)c1nnc(NC(=O)C2CC2)cc1Nc1cccc(-c2ccc(S(=N)(=O)C(C)C)nc2)c1OC. The lowest BCUT2D eigenvalue weighted by Crippen LogP contribution is -2.22. The zero-order chi connectivity index (χ0) is 26.7. The summed E-state index contributed by atoms with van der Waals surface area (Å²) in [7, 11) is 0.00413. The van der Waals surface area contributed by atoms with Crippen LogP contribution in [-0.4, -0.2) is 50.6 Å². The Labute approximate surface area is 215 Å². The monoisotopic (exact) mass is 523 g/mol. The summed E-state index contributed by atoms with van der Waals surface area (Å²) >= 11 is 0. The van der Waals surface area contributed by atoms with E-state index in [0.717, 1.165) is 12.8 Å². The number of hydrogen-bond acceptors (Lipinski definition) is 9. The largest absolute Gasteiger partial charge is 0.494 e. The zero-order valence-corrected chi connectivity index (χ0v) is 21.8. The zero-order valence-electron chi connectivity index (χ0n) is 21.0. The molecular weight excluding hydrogens is 494 g/mol. The molecule has 4 rings (SSSR count). The molecule has 3 aromatic rings. The van der Waals surface area contributed by atoms with E-state index >= 15 is 0 Å². The number of rotatable bonds is 9. The summed E-state index contributed by atoms with van der Waals surface area (Å²) in [5.74, 6) is 0.103. The van der Waals surface area contributed by atoms with Gasteiger partial charge in [-0.05, 0) is 44.9 Å². The van der Waals surface area contributed by atoms with Crippen molar-refractivity contribution in [1.29, 1.82) is 4.78 Å². The molecule has 1 aromatic carbocycles. The molecule has 37 heavy (non-hydrogen) atoms. The van der Waals surface area contributed by atoms with Crippen LogP contribution < -0.4 is 20.7 Å². The maximum absolute atomic E-state index is 12.7. The quantitative estimate of drug-likeness (QED) is 0.329. The summed E-state index contributed by atoms with van der Waals surface area (Å²) in [6, 6.07) is 10.3. The third-order valence-corrected chi connectivity index (χ3v) is 8.14. The molecule has 1 fully saturated rings. The van der Waals surface area contributed by atoms with Crippen molar-refractivity contribution >= 4 is 38.7 Å². The maximum Gasteiger partial charge on any atom is 0.273 e. The van der Waals surface area contributed by atoms with Gasteiger partial charge in [-0.25, -0.2) is 14.0 Å². The number of aromatic nitrogens is 3. The van der Waals surface area contributed by atoms with Crippen molar-refractivity contribution in [3.05, 3.63) is 48.3 Å². The first kappa shape index (κ1) is 26.0. The fraction of sp³-hybridized carbons (Fsp3) is 0.320. The number of hydrogen-bond donors (Lipinski definition) is 4. The van der Waals surface area contributed by atoms with Gasteiger partial charge < -0.3 is 20.7 Å². The van der Waals surface area contributed by atoms with Gasteiger partial charge in [0.2, 0.25) is 5.91 Å². The van der Waals surface area contributed by atoms with E-state index in [2.05, 4.69) is 31.1 Å². The third-order valence-electron chi connectivity index (χ3n) is 5.95. The highest BCUT2D eigenvalue weighted by molar-refractivity contribution is 7.92. The summed E-state index contributed by atoms with van der Waals surface area (Å²) in [5, 5.41) is 16.3. The average molecular weight is 524 g/mol. The minimum atomic E-state index is -3.01. The predicted octanol–water partition coefficient (Wildman–Crippen LogP) is 3.81. The number of para-hydroxylation sites is 1. The maximum atomic E-state index is 12.7. The third kappa shape index (κ3) is 5.53. The van der Waals surface area contributed by atoms with Crippen molar-refractivity contribution in [3.8, 4) is 16.9 Å². The van der Waals surface area contributed by atoms with Crippen molar-refractivity contribution in [2.24, 2.45) is 5.92 Å². The highest BCUT2D eigenvalue weighted by Gasteiger charge is 2.30. The lowest BCUT2D eigenvalue weighted by molar-refractivity contribution is -0.117. The molecular formula is C25H29N7O4S. The van der Waals surface area contributed by atoms with Crippen molar-refractivity contribution in [2.75, 3.05) is 24.8 Å². The predicted molar refractivity (Wildman–Crippen MR) is 141 cm³/mol. The van der Waals surface area contributed by atoms with Crippen LogP contribution in [0.1, 0.15) is 37.2 Å². The Bertz CT molecular complexity index is 1440. The number of benzene rings is 1. The van der Waals surface area contributed by atoms with E-state index in [1.807, 2.05) is 6.07 Å². The van der Waals surface area contributed by atoms with E-state index in [9.17, 15) is 13.8 Å². The van der Waals surface area contributed by atoms with Gasteiger partial charge in [-0.1, -0.05) is 12.1 Å². The lowest BCUT2D eigenvalue weighted by Gasteiger charge is -2.17. The number of nitrogens with one attached hydrogen (secondary N) is 4. The fourth-order valence-electron chi connectivity index (χ4n) is 3.60. The molecule has 2 heterocycles. The van der Waals surface area contributed by atoms with Gasteiger partial charge in [-0.15, -0.1) is 10.2 Å². The lowest BCUT2D eigenvalue weighted by atomic mass is 10.1. The molecule has 0 radical (unpaired) electrons. The Morgan fingerprint density at radius 1 is 1.14 bits per heavy atom. The second kappa shape index (κ2) is 10.5. The van der Waals surface area contributed by atoms with Crippen LogP contribution in [0.25, 0.3) is 11.1 Å². The van der Waals surface area contributed by atoms with Crippen LogP contribution in [0.3, 0.4) is 0 Å². The number of nitrogens with zero attached hydrogens (tertiary/aromatic N) is 3. The van der Waals surface area contributed by atoms with Crippen molar-refractivity contribution in [1.82, 2.24) is 20.5 Å². The first-order valence-corrected chi connectivity index (χ1v) is 13.4. The molecule has 1 unspecified atom stereocenters. The molecule has 0 saturated heterocycles. The Kier molecular flexibility index (Phi) is 7.39. The van der Waals surface area contributed by atoms with E-state index in [0.29, 0.717) is 28.3 Å². The molecule has 0 bridgehead atoms. The first-order valence-electron chi connectivity index (χ1n) is 11.7. The first-order chi connectivity index (χ1) is 17.6. The van der Waals surface area contributed by atoms with Gasteiger partial charge in [0, 0.05) is 41.6 Å². The molecule has 1 aliphatic rings. The van der Waals surface area contributed by atoms with Gasteiger partial charge in [0.15, 0.2) is 11.5 Å². The summed E-state index contributed by atoms with van der Waals surface area (Å²) in [5.41, 5.74) is 2.30. The molecule has 0 spiro atoms. The molecule has 1 aliphatic carbocycles. The fourth-order valence-corrected chi connectivity index (χ4v) is 4.56. The Balaban J connectivity index is 1.70. The smallest absolute Gasteiger partial charge is 0.273 e. The molecule has 2 aromatic heterocycles. The van der Waals surface area contributed by atoms with Crippen LogP contribution in [0.15, 0.2) is 47.6 Å². The Morgan fingerprint density at radius 2 is 1.89 bits per heavy atom. The summed E-state index contributed by atoms with van der Waals surface area (Å²) < 4.78 is 26.5. The van der Waals surface area contributed by atoms with Crippen molar-refractivity contribution < 1.29 is 18.5 Å². The average Bonchev–Trinajstić information content (AvgIpc) is 3.74. The molecule has 0 aliphatic heterocycles. The van der Waals surface area contributed by atoms with Gasteiger partial charge in [-0.2, -0.15) is 0 Å². The minimum absolute atomic E-state index is 0.0161. The minimum Gasteiger partial charge on any atom is -0.494 e. The standard InChI is InChI=1S/C25H29N7O4S/c1-14(2)37(26,35)21-11-10-16(13-28-21)17-6-5-7-18(23(17)36-4)29-19-12-20(30-24(33)15-8-9-15)31-32-22(19)25(34)27-3/h5-7,10-15,26H,8-9H2,1-4H3,(H,27,34)(H2,29,30,31,33). The second-order valence-corrected chi connectivity index (χ2v) is 11.4. The molecule has 11 nitrogen and oxygen atoms in total. The Morgan fingerprint density at radius 3 is 2.49 bits per heavy atom. The van der Waals surface area contributed by atoms with Crippen LogP contribution in [0, 0.1) is 10.7 Å². The number of ether oxygens (including phenoxy) is 1.